The first-order chi connectivity index (χ1) is 7.66. The monoisotopic (exact) mass is 237 g/mol. The van der Waals surface area contributed by atoms with Crippen LogP contribution in [0.3, 0.4) is 0 Å². The van der Waals surface area contributed by atoms with Gasteiger partial charge in [0.05, 0.1) is 0 Å². The molecule has 0 bridgehead atoms. The van der Waals surface area contributed by atoms with E-state index < -0.39 is 0 Å². The number of hydrogen-bond acceptors (Lipinski definition) is 3. The van der Waals surface area contributed by atoms with Crippen molar-refractivity contribution in [3.63, 3.8) is 0 Å². The summed E-state index contributed by atoms with van der Waals surface area (Å²) in [4.78, 5) is 0. The average molecular weight is 238 g/mol. The number of hydrogen-bond donors (Lipinski definition) is 0. The number of aromatic nitrogens is 3. The maximum atomic E-state index is 5.87. The van der Waals surface area contributed by atoms with Crippen molar-refractivity contribution in [2.24, 2.45) is 7.05 Å². The Balaban J connectivity index is 2.14. The molecule has 0 fully saturated rings. The molecule has 5 heteroatoms. The van der Waals surface area contributed by atoms with Crippen LogP contribution in [0.4, 0.5) is 0 Å². The van der Waals surface area contributed by atoms with Gasteiger partial charge in [-0.1, -0.05) is 17.7 Å². The fourth-order valence-corrected chi connectivity index (χ4v) is 1.64. The maximum absolute atomic E-state index is 5.87. The van der Waals surface area contributed by atoms with E-state index in [1.54, 1.807) is 18.5 Å². The van der Waals surface area contributed by atoms with Gasteiger partial charge in [-0.15, -0.1) is 10.2 Å². The maximum Gasteiger partial charge on any atom is 0.173 e. The summed E-state index contributed by atoms with van der Waals surface area (Å²) in [7, 11) is 1.88. The normalized spacial score (nSPS) is 12.4. The van der Waals surface area contributed by atoms with E-state index in [1.807, 2.05) is 30.7 Å². The van der Waals surface area contributed by atoms with Gasteiger partial charge >= 0.3 is 0 Å². The van der Waals surface area contributed by atoms with E-state index >= 15 is 0 Å². The summed E-state index contributed by atoms with van der Waals surface area (Å²) in [5, 5.41) is 8.45. The van der Waals surface area contributed by atoms with E-state index in [0.717, 1.165) is 11.6 Å². The minimum atomic E-state index is -0.161. The molecule has 4 nitrogen and oxygen atoms in total. The van der Waals surface area contributed by atoms with Crippen LogP contribution in [-0.2, 0) is 7.05 Å². The Hall–Kier alpha value is -1.55. The summed E-state index contributed by atoms with van der Waals surface area (Å²) in [6.07, 6.45) is 1.48. The molecule has 0 amide bonds. The highest BCUT2D eigenvalue weighted by molar-refractivity contribution is 6.30. The lowest BCUT2D eigenvalue weighted by atomic mass is 10.3. The van der Waals surface area contributed by atoms with Crippen LogP contribution in [-0.4, -0.2) is 14.8 Å². The van der Waals surface area contributed by atoms with Crippen molar-refractivity contribution in [3.8, 4) is 5.75 Å². The number of nitrogens with zero attached hydrogens (tertiary/aromatic N) is 3. The molecule has 0 aliphatic heterocycles. The van der Waals surface area contributed by atoms with Gasteiger partial charge in [0.25, 0.3) is 0 Å². The summed E-state index contributed by atoms with van der Waals surface area (Å²) in [5.41, 5.74) is 0. The van der Waals surface area contributed by atoms with Crippen LogP contribution in [0.1, 0.15) is 18.9 Å². The predicted octanol–water partition coefficient (Wildman–Crippen LogP) is 2.61. The largest absolute Gasteiger partial charge is 0.483 e. The van der Waals surface area contributed by atoms with Crippen LogP contribution in [0.5, 0.6) is 5.75 Å². The number of rotatable bonds is 3. The van der Waals surface area contributed by atoms with Crippen molar-refractivity contribution < 1.29 is 4.74 Å². The molecular formula is C11H12ClN3O. The molecule has 1 unspecified atom stereocenters. The summed E-state index contributed by atoms with van der Waals surface area (Å²) < 4.78 is 7.54. The van der Waals surface area contributed by atoms with Gasteiger partial charge in [0, 0.05) is 12.1 Å². The zero-order valence-corrected chi connectivity index (χ0v) is 9.85. The summed E-state index contributed by atoms with van der Waals surface area (Å²) in [6, 6.07) is 7.29. The zero-order chi connectivity index (χ0) is 11.5. The molecular weight excluding hydrogens is 226 g/mol. The number of benzene rings is 1. The second-order valence-corrected chi connectivity index (χ2v) is 3.95. The number of ether oxygens (including phenoxy) is 1. The van der Waals surface area contributed by atoms with Gasteiger partial charge in [-0.05, 0) is 25.1 Å². The molecule has 1 heterocycles. The lowest BCUT2D eigenvalue weighted by molar-refractivity contribution is 0.212. The molecule has 1 atom stereocenters. The topological polar surface area (TPSA) is 39.9 Å². The minimum absolute atomic E-state index is 0.161. The predicted molar refractivity (Wildman–Crippen MR) is 61.5 cm³/mol. The van der Waals surface area contributed by atoms with Gasteiger partial charge in [-0.3, -0.25) is 0 Å². The van der Waals surface area contributed by atoms with Crippen LogP contribution < -0.4 is 4.74 Å². The Morgan fingerprint density at radius 3 is 2.88 bits per heavy atom. The SMILES string of the molecule is CC(Oc1cccc(Cl)c1)c1nncn1C. The Labute approximate surface area is 98.8 Å². The lowest BCUT2D eigenvalue weighted by Crippen LogP contribution is -2.09. The highest BCUT2D eigenvalue weighted by Gasteiger charge is 2.12. The van der Waals surface area contributed by atoms with E-state index in [2.05, 4.69) is 10.2 Å². The van der Waals surface area contributed by atoms with Gasteiger partial charge < -0.3 is 9.30 Å². The van der Waals surface area contributed by atoms with Crippen LogP contribution >= 0.6 is 11.6 Å². The second kappa shape index (κ2) is 4.53. The van der Waals surface area contributed by atoms with E-state index in [4.69, 9.17) is 16.3 Å². The molecule has 84 valence electrons. The van der Waals surface area contributed by atoms with Crippen molar-refractivity contribution >= 4 is 11.6 Å². The van der Waals surface area contributed by atoms with Crippen LogP contribution in [0, 0.1) is 0 Å². The first kappa shape index (κ1) is 11.0. The summed E-state index contributed by atoms with van der Waals surface area (Å²) >= 11 is 5.87. The minimum Gasteiger partial charge on any atom is -0.483 e. The van der Waals surface area contributed by atoms with Gasteiger partial charge in [0.1, 0.15) is 12.1 Å². The van der Waals surface area contributed by atoms with Gasteiger partial charge in [0.2, 0.25) is 0 Å². The fourth-order valence-electron chi connectivity index (χ4n) is 1.46. The highest BCUT2D eigenvalue weighted by Crippen LogP contribution is 2.22. The average Bonchev–Trinajstić information content (AvgIpc) is 2.64. The smallest absolute Gasteiger partial charge is 0.173 e. The fraction of sp³-hybridized carbons (Fsp3) is 0.273. The second-order valence-electron chi connectivity index (χ2n) is 3.52. The van der Waals surface area contributed by atoms with Crippen molar-refractivity contribution in [1.82, 2.24) is 14.8 Å². The molecule has 0 aliphatic carbocycles. The van der Waals surface area contributed by atoms with E-state index in [1.165, 1.54) is 0 Å². The third-order valence-corrected chi connectivity index (χ3v) is 2.45. The van der Waals surface area contributed by atoms with Crippen molar-refractivity contribution in [3.05, 3.63) is 41.4 Å². The van der Waals surface area contributed by atoms with Crippen molar-refractivity contribution in [1.29, 1.82) is 0 Å². The van der Waals surface area contributed by atoms with Crippen molar-refractivity contribution in [2.75, 3.05) is 0 Å². The van der Waals surface area contributed by atoms with Crippen LogP contribution in [0.2, 0.25) is 5.02 Å². The van der Waals surface area contributed by atoms with Gasteiger partial charge in [-0.2, -0.15) is 0 Å². The lowest BCUT2D eigenvalue weighted by Gasteiger charge is -2.13. The van der Waals surface area contributed by atoms with E-state index in [-0.39, 0.29) is 6.10 Å². The molecule has 2 aromatic rings. The summed E-state index contributed by atoms with van der Waals surface area (Å²) in [6.45, 7) is 1.92. The summed E-state index contributed by atoms with van der Waals surface area (Å²) in [5.74, 6) is 1.50. The van der Waals surface area contributed by atoms with Crippen LogP contribution in [0.15, 0.2) is 30.6 Å². The molecule has 0 radical (unpaired) electrons. The molecule has 1 aromatic carbocycles. The Morgan fingerprint density at radius 1 is 1.44 bits per heavy atom. The molecule has 0 N–H and O–H groups in total. The zero-order valence-electron chi connectivity index (χ0n) is 9.09. The Morgan fingerprint density at radius 2 is 2.25 bits per heavy atom. The first-order valence-corrected chi connectivity index (χ1v) is 5.30. The number of aryl methyl sites for hydroxylation is 1. The molecule has 0 spiro atoms. The molecule has 0 saturated heterocycles. The standard InChI is InChI=1S/C11H12ClN3O/c1-8(11-14-13-7-15(11)2)16-10-5-3-4-9(12)6-10/h3-8H,1-2H3. The van der Waals surface area contributed by atoms with Gasteiger partial charge in [-0.25, -0.2) is 0 Å². The van der Waals surface area contributed by atoms with Crippen molar-refractivity contribution in [2.45, 2.75) is 13.0 Å². The van der Waals surface area contributed by atoms with Gasteiger partial charge in [0.15, 0.2) is 11.9 Å². The molecule has 2 rings (SSSR count). The molecule has 0 saturated carbocycles. The third-order valence-electron chi connectivity index (χ3n) is 2.22. The van der Waals surface area contributed by atoms with E-state index in [9.17, 15) is 0 Å². The third kappa shape index (κ3) is 2.33. The van der Waals surface area contributed by atoms with E-state index in [0.29, 0.717) is 5.02 Å². The highest BCUT2D eigenvalue weighted by atomic mass is 35.5. The van der Waals surface area contributed by atoms with Crippen LogP contribution in [0.25, 0.3) is 0 Å². The Bertz CT molecular complexity index is 484. The first-order valence-electron chi connectivity index (χ1n) is 4.93. The Kier molecular flexibility index (Phi) is 3.10. The number of halogens is 1. The quantitative estimate of drug-likeness (QED) is 0.824. The molecule has 16 heavy (non-hydrogen) atoms. The molecule has 1 aromatic heterocycles. The molecule has 0 aliphatic rings.